The van der Waals surface area contributed by atoms with E-state index in [1.807, 2.05) is 41.7 Å². The van der Waals surface area contributed by atoms with E-state index >= 15 is 0 Å². The molecule has 136 valence electrons. The van der Waals surface area contributed by atoms with Crippen molar-refractivity contribution >= 4 is 35.1 Å². The summed E-state index contributed by atoms with van der Waals surface area (Å²) in [4.78, 5) is 12.2. The highest BCUT2D eigenvalue weighted by Crippen LogP contribution is 2.43. The molecule has 1 N–H and O–H groups in total. The highest BCUT2D eigenvalue weighted by molar-refractivity contribution is 8.16. The summed E-state index contributed by atoms with van der Waals surface area (Å²) in [6.07, 6.45) is 4.77. The van der Waals surface area contributed by atoms with Crippen molar-refractivity contribution in [3.05, 3.63) is 59.2 Å². The molecule has 2 aromatic carbocycles. The molecule has 5 heteroatoms. The third-order valence-corrected chi connectivity index (χ3v) is 7.75. The number of ether oxygens (including phenoxy) is 1. The number of hydrogen-bond donors (Lipinski definition) is 1. The zero-order valence-corrected chi connectivity index (χ0v) is 16.3. The minimum absolute atomic E-state index is 0.0311. The lowest BCUT2D eigenvalue weighted by Crippen LogP contribution is -2.20. The van der Waals surface area contributed by atoms with Gasteiger partial charge in [-0.2, -0.15) is 0 Å². The molecule has 0 unspecified atom stereocenters. The first-order chi connectivity index (χ1) is 12.8. The number of rotatable bonds is 5. The molecule has 2 aromatic rings. The molecular formula is C21H23NO2S2. The van der Waals surface area contributed by atoms with Gasteiger partial charge in [0.2, 0.25) is 0 Å². The molecule has 1 amide bonds. The first kappa shape index (κ1) is 17.8. The molecule has 1 aliphatic heterocycles. The van der Waals surface area contributed by atoms with Crippen molar-refractivity contribution in [1.29, 1.82) is 0 Å². The molecule has 1 heterocycles. The van der Waals surface area contributed by atoms with Crippen molar-refractivity contribution < 1.29 is 9.53 Å². The lowest BCUT2D eigenvalue weighted by Gasteiger charge is -2.21. The Bertz CT molecular complexity index is 770. The van der Waals surface area contributed by atoms with Gasteiger partial charge in [0.1, 0.15) is 5.75 Å². The minimum Gasteiger partial charge on any atom is -0.484 e. The average Bonchev–Trinajstić information content (AvgIpc) is 3.15. The van der Waals surface area contributed by atoms with Crippen LogP contribution in [0.4, 0.5) is 5.69 Å². The van der Waals surface area contributed by atoms with Crippen LogP contribution in [0.25, 0.3) is 0 Å². The Kier molecular flexibility index (Phi) is 5.75. The van der Waals surface area contributed by atoms with E-state index in [0.29, 0.717) is 4.58 Å². The monoisotopic (exact) mass is 385 g/mol. The number of nitrogens with one attached hydrogen (secondary N) is 1. The normalized spacial score (nSPS) is 16.9. The molecule has 0 spiro atoms. The van der Waals surface area contributed by atoms with Crippen LogP contribution in [-0.4, -0.2) is 24.0 Å². The highest BCUT2D eigenvalue weighted by Gasteiger charge is 2.16. The molecule has 1 fully saturated rings. The van der Waals surface area contributed by atoms with Crippen LogP contribution < -0.4 is 10.1 Å². The van der Waals surface area contributed by atoms with Crippen molar-refractivity contribution in [3.8, 4) is 5.75 Å². The predicted octanol–water partition coefficient (Wildman–Crippen LogP) is 5.06. The van der Waals surface area contributed by atoms with Gasteiger partial charge in [-0.05, 0) is 78.1 Å². The first-order valence-corrected chi connectivity index (χ1v) is 11.3. The second kappa shape index (κ2) is 8.40. The number of carbonyl (C=O) groups excluding carboxylic acids is 1. The second-order valence-electron chi connectivity index (χ2n) is 6.67. The Balaban J connectivity index is 1.28. The SMILES string of the molecule is O=C(COc1ccc(C2SCCCS2)cc1)Nc1ccc2c(c1)CCC2. The molecule has 0 bridgehead atoms. The van der Waals surface area contributed by atoms with Gasteiger partial charge >= 0.3 is 0 Å². The lowest BCUT2D eigenvalue weighted by atomic mass is 10.1. The van der Waals surface area contributed by atoms with Gasteiger partial charge in [0.05, 0.1) is 4.58 Å². The van der Waals surface area contributed by atoms with E-state index in [0.717, 1.165) is 24.3 Å². The van der Waals surface area contributed by atoms with Gasteiger partial charge in [-0.15, -0.1) is 23.5 Å². The minimum atomic E-state index is -0.120. The molecule has 2 aliphatic rings. The third-order valence-electron chi connectivity index (χ3n) is 4.73. The van der Waals surface area contributed by atoms with Gasteiger partial charge in [-0.3, -0.25) is 4.79 Å². The van der Waals surface area contributed by atoms with Gasteiger partial charge in [0.25, 0.3) is 5.91 Å². The van der Waals surface area contributed by atoms with Gasteiger partial charge in [0.15, 0.2) is 6.61 Å². The Labute approximate surface area is 163 Å². The number of carbonyl (C=O) groups is 1. The molecule has 4 rings (SSSR count). The maximum atomic E-state index is 12.2. The number of thioether (sulfide) groups is 2. The molecular weight excluding hydrogens is 362 g/mol. The van der Waals surface area contributed by atoms with Crippen LogP contribution in [0.2, 0.25) is 0 Å². The lowest BCUT2D eigenvalue weighted by molar-refractivity contribution is -0.118. The largest absolute Gasteiger partial charge is 0.484 e. The molecule has 1 saturated heterocycles. The van der Waals surface area contributed by atoms with Gasteiger partial charge in [-0.1, -0.05) is 18.2 Å². The van der Waals surface area contributed by atoms with Gasteiger partial charge < -0.3 is 10.1 Å². The standard InChI is InChI=1S/C21H23NO2S2/c23-20(22-18-8-5-15-3-1-4-17(15)13-18)14-24-19-9-6-16(7-10-19)21-25-11-2-12-26-21/h5-10,13,21H,1-4,11-12,14H2,(H,22,23). The number of anilines is 1. The zero-order valence-electron chi connectivity index (χ0n) is 14.7. The van der Waals surface area contributed by atoms with Gasteiger partial charge in [-0.25, -0.2) is 0 Å². The summed E-state index contributed by atoms with van der Waals surface area (Å²) in [5, 5.41) is 2.93. The molecule has 0 aromatic heterocycles. The summed E-state index contributed by atoms with van der Waals surface area (Å²) in [5.74, 6) is 3.09. The summed E-state index contributed by atoms with van der Waals surface area (Å²) in [6.45, 7) is 0.0311. The van der Waals surface area contributed by atoms with E-state index in [2.05, 4.69) is 29.6 Å². The highest BCUT2D eigenvalue weighted by atomic mass is 32.2. The molecule has 1 aliphatic carbocycles. The maximum absolute atomic E-state index is 12.2. The van der Waals surface area contributed by atoms with Crippen molar-refractivity contribution in [2.24, 2.45) is 0 Å². The van der Waals surface area contributed by atoms with Crippen LogP contribution in [0.3, 0.4) is 0 Å². The first-order valence-electron chi connectivity index (χ1n) is 9.15. The molecule has 26 heavy (non-hydrogen) atoms. The Morgan fingerprint density at radius 3 is 2.58 bits per heavy atom. The fourth-order valence-electron chi connectivity index (χ4n) is 3.40. The number of hydrogen-bond acceptors (Lipinski definition) is 4. The Morgan fingerprint density at radius 2 is 1.77 bits per heavy atom. The topological polar surface area (TPSA) is 38.3 Å². The smallest absolute Gasteiger partial charge is 0.262 e. The van der Waals surface area contributed by atoms with Crippen LogP contribution in [0, 0.1) is 0 Å². The fraction of sp³-hybridized carbons (Fsp3) is 0.381. The average molecular weight is 386 g/mol. The number of benzene rings is 2. The van der Waals surface area contributed by atoms with E-state index in [1.54, 1.807) is 0 Å². The van der Waals surface area contributed by atoms with Crippen molar-refractivity contribution in [2.75, 3.05) is 23.4 Å². The zero-order chi connectivity index (χ0) is 17.8. The fourth-order valence-corrected chi connectivity index (χ4v) is 6.29. The molecule has 0 saturated carbocycles. The van der Waals surface area contributed by atoms with Crippen LogP contribution in [0.15, 0.2) is 42.5 Å². The molecule has 3 nitrogen and oxygen atoms in total. The molecule has 0 radical (unpaired) electrons. The Morgan fingerprint density at radius 1 is 1.00 bits per heavy atom. The quantitative estimate of drug-likeness (QED) is 0.781. The van der Waals surface area contributed by atoms with Crippen LogP contribution in [-0.2, 0) is 17.6 Å². The van der Waals surface area contributed by atoms with Crippen LogP contribution in [0.5, 0.6) is 5.75 Å². The summed E-state index contributed by atoms with van der Waals surface area (Å²) in [5.41, 5.74) is 4.96. The van der Waals surface area contributed by atoms with E-state index in [-0.39, 0.29) is 12.5 Å². The third kappa shape index (κ3) is 4.38. The van der Waals surface area contributed by atoms with Gasteiger partial charge in [0, 0.05) is 5.69 Å². The second-order valence-corrected chi connectivity index (χ2v) is 9.39. The van der Waals surface area contributed by atoms with E-state index in [4.69, 9.17) is 4.74 Å². The van der Waals surface area contributed by atoms with Crippen molar-refractivity contribution in [1.82, 2.24) is 0 Å². The van der Waals surface area contributed by atoms with E-state index < -0.39 is 0 Å². The number of amides is 1. The van der Waals surface area contributed by atoms with E-state index in [1.165, 1.54) is 41.0 Å². The Hall–Kier alpha value is -1.59. The predicted molar refractivity (Wildman–Crippen MR) is 111 cm³/mol. The van der Waals surface area contributed by atoms with Crippen LogP contribution in [0.1, 0.15) is 34.1 Å². The van der Waals surface area contributed by atoms with Crippen LogP contribution >= 0.6 is 23.5 Å². The van der Waals surface area contributed by atoms with Crippen molar-refractivity contribution in [2.45, 2.75) is 30.3 Å². The van der Waals surface area contributed by atoms with E-state index in [9.17, 15) is 4.79 Å². The summed E-state index contributed by atoms with van der Waals surface area (Å²) in [6, 6.07) is 14.4. The summed E-state index contributed by atoms with van der Waals surface area (Å²) >= 11 is 4.02. The number of fused-ring (bicyclic) bond motifs is 1. The molecule has 0 atom stereocenters. The van der Waals surface area contributed by atoms with Crippen molar-refractivity contribution in [3.63, 3.8) is 0 Å². The summed E-state index contributed by atoms with van der Waals surface area (Å²) < 4.78 is 6.18. The number of aryl methyl sites for hydroxylation is 2. The maximum Gasteiger partial charge on any atom is 0.262 e. The summed E-state index contributed by atoms with van der Waals surface area (Å²) in [7, 11) is 0.